The van der Waals surface area contributed by atoms with Crippen LogP contribution in [0, 0.1) is 0 Å². The van der Waals surface area contributed by atoms with E-state index < -0.39 is 0 Å². The largest absolute Gasteiger partial charge is 0.489 e. The minimum atomic E-state index is 0.185. The molecule has 4 heteroatoms. The van der Waals surface area contributed by atoms with E-state index in [1.807, 2.05) is 43.3 Å². The number of benzene rings is 2. The zero-order valence-corrected chi connectivity index (χ0v) is 13.9. The van der Waals surface area contributed by atoms with Gasteiger partial charge in [-0.3, -0.25) is 0 Å². The van der Waals surface area contributed by atoms with Crippen LogP contribution in [0.1, 0.15) is 24.5 Å². The van der Waals surface area contributed by atoms with Gasteiger partial charge in [0.25, 0.3) is 0 Å². The minimum absolute atomic E-state index is 0.185. The molecule has 2 aromatic carbocycles. The molecule has 0 amide bonds. The van der Waals surface area contributed by atoms with Crippen LogP contribution in [0.2, 0.25) is 10.0 Å². The Morgan fingerprint density at radius 3 is 2.45 bits per heavy atom. The van der Waals surface area contributed by atoms with Gasteiger partial charge in [0.2, 0.25) is 0 Å². The van der Waals surface area contributed by atoms with Crippen LogP contribution in [0.15, 0.2) is 48.5 Å². The van der Waals surface area contributed by atoms with Crippen LogP contribution >= 0.6 is 23.2 Å². The summed E-state index contributed by atoms with van der Waals surface area (Å²) in [4.78, 5) is 0. The second-order valence-electron chi connectivity index (χ2n) is 5.22. The lowest BCUT2D eigenvalue weighted by Crippen LogP contribution is -2.12. The summed E-state index contributed by atoms with van der Waals surface area (Å²) in [5, 5.41) is 1.09. The monoisotopic (exact) mass is 335 g/mol. The van der Waals surface area contributed by atoms with Crippen LogP contribution in [0.5, 0.6) is 5.75 Å². The first kappa shape index (κ1) is 16.9. The zero-order valence-electron chi connectivity index (χ0n) is 12.4. The van der Waals surface area contributed by atoms with Crippen LogP contribution in [-0.4, -0.2) is 6.04 Å². The average molecular weight is 336 g/mol. The maximum atomic E-state index is 5.98. The van der Waals surface area contributed by atoms with Crippen molar-refractivity contribution in [2.45, 2.75) is 26.0 Å². The Kier molecular flexibility index (Phi) is 6.32. The van der Waals surface area contributed by atoms with Gasteiger partial charge in [0.1, 0.15) is 12.4 Å². The first-order chi connectivity index (χ1) is 10.5. The van der Waals surface area contributed by atoms with Crippen LogP contribution < -0.4 is 10.5 Å². The summed E-state index contributed by atoms with van der Waals surface area (Å²) in [6.45, 7) is 2.45. The van der Waals surface area contributed by atoms with Gasteiger partial charge in [-0.1, -0.05) is 53.6 Å². The molecule has 2 rings (SSSR count). The first-order valence-corrected chi connectivity index (χ1v) is 7.89. The topological polar surface area (TPSA) is 35.2 Å². The SMILES string of the molecule is CC(N)CC=Cc1ccc(OCc2ccc(Cl)c(Cl)c2)cc1. The number of hydrogen-bond donors (Lipinski definition) is 1. The summed E-state index contributed by atoms with van der Waals surface area (Å²) >= 11 is 11.9. The predicted octanol–water partition coefficient (Wildman–Crippen LogP) is 5.32. The fourth-order valence-corrected chi connectivity index (χ4v) is 2.21. The molecule has 0 aliphatic heterocycles. The van der Waals surface area contributed by atoms with Crippen molar-refractivity contribution in [3.8, 4) is 5.75 Å². The fourth-order valence-electron chi connectivity index (χ4n) is 1.89. The molecule has 0 fully saturated rings. The van der Waals surface area contributed by atoms with E-state index in [9.17, 15) is 0 Å². The molecule has 0 bridgehead atoms. The molecule has 0 spiro atoms. The highest BCUT2D eigenvalue weighted by molar-refractivity contribution is 6.42. The lowest BCUT2D eigenvalue weighted by Gasteiger charge is -2.07. The van der Waals surface area contributed by atoms with Crippen LogP contribution in [-0.2, 0) is 6.61 Å². The highest BCUT2D eigenvalue weighted by atomic mass is 35.5. The number of hydrogen-bond acceptors (Lipinski definition) is 2. The third kappa shape index (κ3) is 5.38. The molecular weight excluding hydrogens is 317 g/mol. The molecule has 0 heterocycles. The normalized spacial score (nSPS) is 12.5. The quantitative estimate of drug-likeness (QED) is 0.774. The predicted molar refractivity (Wildman–Crippen MR) is 94.5 cm³/mol. The second kappa shape index (κ2) is 8.23. The smallest absolute Gasteiger partial charge is 0.119 e. The van der Waals surface area contributed by atoms with E-state index in [0.717, 1.165) is 23.3 Å². The highest BCUT2D eigenvalue weighted by Crippen LogP contribution is 2.23. The maximum Gasteiger partial charge on any atom is 0.119 e. The molecule has 2 aromatic rings. The fraction of sp³-hybridized carbons (Fsp3) is 0.222. The van der Waals surface area contributed by atoms with E-state index >= 15 is 0 Å². The Balaban J connectivity index is 1.91. The number of rotatable bonds is 6. The van der Waals surface area contributed by atoms with Crippen molar-refractivity contribution in [3.05, 3.63) is 69.7 Å². The van der Waals surface area contributed by atoms with Gasteiger partial charge in [-0.15, -0.1) is 0 Å². The lowest BCUT2D eigenvalue weighted by atomic mass is 10.1. The molecule has 1 atom stereocenters. The average Bonchev–Trinajstić information content (AvgIpc) is 2.49. The van der Waals surface area contributed by atoms with Crippen molar-refractivity contribution >= 4 is 29.3 Å². The number of ether oxygens (including phenoxy) is 1. The summed E-state index contributed by atoms with van der Waals surface area (Å²) in [6.07, 6.45) is 5.01. The molecular formula is C18H19Cl2NO. The van der Waals surface area contributed by atoms with Crippen molar-refractivity contribution in [2.24, 2.45) is 5.73 Å². The van der Waals surface area contributed by atoms with Crippen LogP contribution in [0.4, 0.5) is 0 Å². The third-order valence-corrected chi connectivity index (χ3v) is 3.83. The summed E-state index contributed by atoms with van der Waals surface area (Å²) in [6, 6.07) is 13.6. The Morgan fingerprint density at radius 2 is 1.82 bits per heavy atom. The second-order valence-corrected chi connectivity index (χ2v) is 6.04. The molecule has 0 aliphatic carbocycles. The van der Waals surface area contributed by atoms with E-state index in [2.05, 4.69) is 12.2 Å². The van der Waals surface area contributed by atoms with Crippen LogP contribution in [0.3, 0.4) is 0 Å². The number of nitrogens with two attached hydrogens (primary N) is 1. The molecule has 116 valence electrons. The van der Waals surface area contributed by atoms with E-state index in [-0.39, 0.29) is 6.04 Å². The van der Waals surface area contributed by atoms with E-state index in [4.69, 9.17) is 33.7 Å². The molecule has 2 nitrogen and oxygen atoms in total. The van der Waals surface area contributed by atoms with E-state index in [0.29, 0.717) is 16.7 Å². The van der Waals surface area contributed by atoms with Gasteiger partial charge in [0.15, 0.2) is 0 Å². The van der Waals surface area contributed by atoms with Crippen molar-refractivity contribution in [1.29, 1.82) is 0 Å². The van der Waals surface area contributed by atoms with Gasteiger partial charge in [-0.05, 0) is 48.7 Å². The standard InChI is InChI=1S/C18H19Cl2NO/c1-13(21)3-2-4-14-5-8-16(9-6-14)22-12-15-7-10-17(19)18(20)11-15/h2,4-11,13H,3,12,21H2,1H3. The van der Waals surface area contributed by atoms with Gasteiger partial charge < -0.3 is 10.5 Å². The Morgan fingerprint density at radius 1 is 1.09 bits per heavy atom. The Bertz CT molecular complexity index is 636. The van der Waals surface area contributed by atoms with Crippen molar-refractivity contribution in [3.63, 3.8) is 0 Å². The first-order valence-electron chi connectivity index (χ1n) is 7.13. The molecule has 0 radical (unpaired) electrons. The molecule has 22 heavy (non-hydrogen) atoms. The van der Waals surface area contributed by atoms with Crippen molar-refractivity contribution in [2.75, 3.05) is 0 Å². The molecule has 1 unspecified atom stereocenters. The van der Waals surface area contributed by atoms with Gasteiger partial charge in [-0.25, -0.2) is 0 Å². The van der Waals surface area contributed by atoms with Gasteiger partial charge in [0, 0.05) is 6.04 Å². The van der Waals surface area contributed by atoms with Gasteiger partial charge >= 0.3 is 0 Å². The summed E-state index contributed by atoms with van der Waals surface area (Å²) in [5.41, 5.74) is 7.82. The maximum absolute atomic E-state index is 5.98. The van der Waals surface area contributed by atoms with Gasteiger partial charge in [0.05, 0.1) is 10.0 Å². The molecule has 2 N–H and O–H groups in total. The number of halogens is 2. The third-order valence-electron chi connectivity index (χ3n) is 3.09. The van der Waals surface area contributed by atoms with Gasteiger partial charge in [-0.2, -0.15) is 0 Å². The minimum Gasteiger partial charge on any atom is -0.489 e. The van der Waals surface area contributed by atoms with E-state index in [1.54, 1.807) is 6.07 Å². The molecule has 0 saturated heterocycles. The Labute approximate surface area is 141 Å². The Hall–Kier alpha value is -1.48. The highest BCUT2D eigenvalue weighted by Gasteiger charge is 2.01. The van der Waals surface area contributed by atoms with Crippen molar-refractivity contribution in [1.82, 2.24) is 0 Å². The summed E-state index contributed by atoms with van der Waals surface area (Å²) < 4.78 is 5.74. The van der Waals surface area contributed by atoms with Crippen LogP contribution in [0.25, 0.3) is 6.08 Å². The lowest BCUT2D eigenvalue weighted by molar-refractivity contribution is 0.306. The summed E-state index contributed by atoms with van der Waals surface area (Å²) in [5.74, 6) is 0.815. The van der Waals surface area contributed by atoms with E-state index in [1.165, 1.54) is 0 Å². The summed E-state index contributed by atoms with van der Waals surface area (Å²) in [7, 11) is 0. The molecule has 0 aromatic heterocycles. The zero-order chi connectivity index (χ0) is 15.9. The van der Waals surface area contributed by atoms with Crippen molar-refractivity contribution < 1.29 is 4.74 Å². The molecule has 0 aliphatic rings. The molecule has 0 saturated carbocycles.